The summed E-state index contributed by atoms with van der Waals surface area (Å²) in [7, 11) is 1.33. The molecule has 2 aromatic rings. The number of H-pyrrole nitrogens is 1. The Morgan fingerprint density at radius 2 is 1.95 bits per heavy atom. The molecule has 0 radical (unpaired) electrons. The Morgan fingerprint density at radius 1 is 1.35 bits per heavy atom. The molecule has 106 valence electrons. The van der Waals surface area contributed by atoms with Crippen LogP contribution in [0.15, 0.2) is 14.4 Å². The number of nitro groups is 1. The second kappa shape index (κ2) is 4.33. The molecule has 2 rings (SSSR count). The topological polar surface area (TPSA) is 146 Å². The standard InChI is InChI=1S/C10H11N5O5/c1-3-14-9(17)4-6(16)5(15(19)20)7(11)12-8(4)13(2)10(14)18/h3H2,1-2H3,(H3,11,12,16). The highest BCUT2D eigenvalue weighted by Crippen LogP contribution is 2.15. The smallest absolute Gasteiger partial charge is 0.356 e. The van der Waals surface area contributed by atoms with E-state index in [2.05, 4.69) is 4.98 Å². The van der Waals surface area contributed by atoms with E-state index in [-0.39, 0.29) is 12.2 Å². The first kappa shape index (κ1) is 13.5. The third kappa shape index (κ3) is 1.61. The average Bonchev–Trinajstić information content (AvgIpc) is 2.35. The Bertz CT molecular complexity index is 903. The van der Waals surface area contributed by atoms with Crippen LogP contribution >= 0.6 is 0 Å². The lowest BCUT2D eigenvalue weighted by Crippen LogP contribution is -2.41. The van der Waals surface area contributed by atoms with Crippen LogP contribution in [0.4, 0.5) is 11.5 Å². The van der Waals surface area contributed by atoms with Crippen LogP contribution in [0.2, 0.25) is 0 Å². The number of anilines is 1. The van der Waals surface area contributed by atoms with Gasteiger partial charge in [0.1, 0.15) is 11.0 Å². The summed E-state index contributed by atoms with van der Waals surface area (Å²) in [5.74, 6) is -0.504. The van der Waals surface area contributed by atoms with Crippen molar-refractivity contribution in [3.63, 3.8) is 0 Å². The fraction of sp³-hybridized carbons (Fsp3) is 0.300. The molecule has 3 N–H and O–H groups in total. The van der Waals surface area contributed by atoms with Gasteiger partial charge in [0, 0.05) is 13.6 Å². The second-order valence-electron chi connectivity index (χ2n) is 4.09. The number of nitrogens with two attached hydrogens (primary N) is 1. The van der Waals surface area contributed by atoms with Gasteiger partial charge in [0.25, 0.3) is 11.0 Å². The molecule has 0 aliphatic rings. The molecular formula is C10H11N5O5. The van der Waals surface area contributed by atoms with Gasteiger partial charge in [-0.05, 0) is 6.92 Å². The number of fused-ring (bicyclic) bond motifs is 1. The van der Waals surface area contributed by atoms with E-state index in [0.29, 0.717) is 0 Å². The van der Waals surface area contributed by atoms with E-state index in [4.69, 9.17) is 5.73 Å². The van der Waals surface area contributed by atoms with E-state index in [9.17, 15) is 24.5 Å². The van der Waals surface area contributed by atoms with E-state index >= 15 is 0 Å². The van der Waals surface area contributed by atoms with Gasteiger partial charge in [-0.1, -0.05) is 0 Å². The van der Waals surface area contributed by atoms with Crippen molar-refractivity contribution in [3.8, 4) is 0 Å². The van der Waals surface area contributed by atoms with Crippen LogP contribution < -0.4 is 22.4 Å². The Morgan fingerprint density at radius 3 is 2.45 bits per heavy atom. The summed E-state index contributed by atoms with van der Waals surface area (Å²) in [4.78, 5) is 48.3. The Kier molecular flexibility index (Phi) is 2.93. The zero-order valence-electron chi connectivity index (χ0n) is 10.7. The van der Waals surface area contributed by atoms with Crippen molar-refractivity contribution in [3.05, 3.63) is 41.2 Å². The van der Waals surface area contributed by atoms with Gasteiger partial charge >= 0.3 is 11.4 Å². The molecule has 0 aliphatic carbocycles. The number of pyridine rings is 1. The van der Waals surface area contributed by atoms with E-state index in [1.807, 2.05) is 0 Å². The van der Waals surface area contributed by atoms with Gasteiger partial charge in [0.05, 0.1) is 4.92 Å². The minimum atomic E-state index is -1.11. The molecule has 20 heavy (non-hydrogen) atoms. The van der Waals surface area contributed by atoms with Crippen molar-refractivity contribution in [2.24, 2.45) is 7.05 Å². The Hall–Kier alpha value is -2.91. The fourth-order valence-electron chi connectivity index (χ4n) is 2.01. The van der Waals surface area contributed by atoms with Gasteiger partial charge in [-0.3, -0.25) is 28.8 Å². The van der Waals surface area contributed by atoms with Gasteiger partial charge in [0.2, 0.25) is 0 Å². The van der Waals surface area contributed by atoms with E-state index in [1.54, 1.807) is 6.92 Å². The van der Waals surface area contributed by atoms with Gasteiger partial charge < -0.3 is 10.7 Å². The van der Waals surface area contributed by atoms with Crippen molar-refractivity contribution >= 4 is 22.5 Å². The predicted octanol–water partition coefficient (Wildman–Crippen LogP) is -1.10. The molecule has 0 saturated carbocycles. The summed E-state index contributed by atoms with van der Waals surface area (Å²) in [6, 6.07) is 0. The third-order valence-electron chi connectivity index (χ3n) is 3.00. The lowest BCUT2D eigenvalue weighted by Gasteiger charge is -2.09. The molecule has 0 saturated heterocycles. The maximum absolute atomic E-state index is 12.1. The summed E-state index contributed by atoms with van der Waals surface area (Å²) in [5, 5.41) is 10.4. The van der Waals surface area contributed by atoms with Gasteiger partial charge in [-0.25, -0.2) is 4.79 Å². The highest BCUT2D eigenvalue weighted by Gasteiger charge is 2.24. The van der Waals surface area contributed by atoms with Crippen molar-refractivity contribution in [2.45, 2.75) is 13.5 Å². The van der Waals surface area contributed by atoms with Crippen LogP contribution in [0.1, 0.15) is 6.92 Å². The highest BCUT2D eigenvalue weighted by molar-refractivity contribution is 5.80. The van der Waals surface area contributed by atoms with Crippen molar-refractivity contribution < 1.29 is 4.92 Å². The van der Waals surface area contributed by atoms with Crippen LogP contribution in [0.5, 0.6) is 0 Å². The van der Waals surface area contributed by atoms with Crippen molar-refractivity contribution in [1.82, 2.24) is 14.1 Å². The first-order chi connectivity index (χ1) is 9.31. The number of aromatic nitrogens is 3. The highest BCUT2D eigenvalue weighted by atomic mass is 16.6. The Labute approximate surface area is 110 Å². The molecule has 2 heterocycles. The summed E-state index contributed by atoms with van der Waals surface area (Å²) >= 11 is 0. The first-order valence-corrected chi connectivity index (χ1v) is 5.60. The lowest BCUT2D eigenvalue weighted by molar-refractivity contribution is -0.385. The number of nitrogens with one attached hydrogen (secondary N) is 1. The van der Waals surface area contributed by atoms with Gasteiger partial charge in [-0.2, -0.15) is 0 Å². The molecule has 0 bridgehead atoms. The molecule has 0 unspecified atom stereocenters. The Balaban J connectivity index is 3.23. The van der Waals surface area contributed by atoms with Crippen molar-refractivity contribution in [2.75, 3.05) is 5.73 Å². The minimum absolute atomic E-state index is 0.0407. The summed E-state index contributed by atoms with van der Waals surface area (Å²) in [6.07, 6.45) is 0. The van der Waals surface area contributed by atoms with Crippen molar-refractivity contribution in [1.29, 1.82) is 0 Å². The average molecular weight is 281 g/mol. The lowest BCUT2D eigenvalue weighted by atomic mass is 10.2. The summed E-state index contributed by atoms with van der Waals surface area (Å²) < 4.78 is 1.83. The molecular weight excluding hydrogens is 270 g/mol. The zero-order valence-corrected chi connectivity index (χ0v) is 10.7. The van der Waals surface area contributed by atoms with Crippen LogP contribution in [0, 0.1) is 10.1 Å². The predicted molar refractivity (Wildman–Crippen MR) is 70.8 cm³/mol. The molecule has 10 heteroatoms. The summed E-state index contributed by atoms with van der Waals surface area (Å²) in [5.41, 5.74) is 1.73. The van der Waals surface area contributed by atoms with Gasteiger partial charge in [-0.15, -0.1) is 0 Å². The molecule has 10 nitrogen and oxygen atoms in total. The molecule has 0 aliphatic heterocycles. The second-order valence-corrected chi connectivity index (χ2v) is 4.09. The molecule has 0 amide bonds. The van der Waals surface area contributed by atoms with Crippen LogP contribution in [0.25, 0.3) is 11.0 Å². The first-order valence-electron chi connectivity index (χ1n) is 5.60. The largest absolute Gasteiger partial charge is 0.379 e. The number of aromatic amines is 1. The summed E-state index contributed by atoms with van der Waals surface area (Å²) in [6.45, 7) is 1.59. The molecule has 0 atom stereocenters. The number of hydrogen-bond donors (Lipinski definition) is 2. The van der Waals surface area contributed by atoms with Gasteiger partial charge in [0.15, 0.2) is 5.82 Å². The van der Waals surface area contributed by atoms with Crippen LogP contribution in [-0.2, 0) is 13.6 Å². The molecule has 0 spiro atoms. The maximum Gasteiger partial charge on any atom is 0.356 e. The number of aryl methyl sites for hydroxylation is 1. The monoisotopic (exact) mass is 281 g/mol. The molecule has 2 aromatic heterocycles. The van der Waals surface area contributed by atoms with E-state index in [0.717, 1.165) is 9.13 Å². The van der Waals surface area contributed by atoms with Crippen LogP contribution in [0.3, 0.4) is 0 Å². The maximum atomic E-state index is 12.1. The number of hydrogen-bond acceptors (Lipinski definition) is 6. The zero-order chi connectivity index (χ0) is 15.2. The molecule has 0 aromatic carbocycles. The fourth-order valence-corrected chi connectivity index (χ4v) is 2.01. The quantitative estimate of drug-likeness (QED) is 0.527. The molecule has 0 fully saturated rings. The SMILES string of the molecule is CCn1c(=O)c2c(=O)c([N+](=O)[O-])c(N)[nH]c2n(C)c1=O. The third-order valence-corrected chi connectivity index (χ3v) is 3.00. The number of nitrogen functional groups attached to an aromatic ring is 1. The normalized spacial score (nSPS) is 10.9. The number of nitrogens with zero attached hydrogens (tertiary/aromatic N) is 3. The van der Waals surface area contributed by atoms with E-state index in [1.165, 1.54) is 7.05 Å². The number of rotatable bonds is 2. The van der Waals surface area contributed by atoms with Crippen LogP contribution in [-0.4, -0.2) is 19.0 Å². The van der Waals surface area contributed by atoms with E-state index < -0.39 is 38.5 Å². The minimum Gasteiger partial charge on any atom is -0.379 e.